The van der Waals surface area contributed by atoms with E-state index in [9.17, 15) is 4.79 Å². The highest BCUT2D eigenvalue weighted by Gasteiger charge is 2.05. The second-order valence-electron chi connectivity index (χ2n) is 2.63. The highest BCUT2D eigenvalue weighted by molar-refractivity contribution is 5.30. The Kier molecular flexibility index (Phi) is 2.53. The zero-order chi connectivity index (χ0) is 9.14. The van der Waals surface area contributed by atoms with E-state index in [0.717, 1.165) is 5.56 Å². The lowest BCUT2D eigenvalue weighted by atomic mass is 10.2. The van der Waals surface area contributed by atoms with Crippen LogP contribution in [0.1, 0.15) is 12.5 Å². The van der Waals surface area contributed by atoms with E-state index < -0.39 is 0 Å². The lowest BCUT2D eigenvalue weighted by molar-refractivity contribution is 0.407. The van der Waals surface area contributed by atoms with Crippen molar-refractivity contribution in [1.29, 1.82) is 0 Å². The van der Waals surface area contributed by atoms with Crippen LogP contribution in [0.3, 0.4) is 0 Å². The second-order valence-corrected chi connectivity index (χ2v) is 2.63. The lowest BCUT2D eigenvalue weighted by Gasteiger charge is -2.06. The van der Waals surface area contributed by atoms with E-state index in [1.807, 2.05) is 6.92 Å². The molecule has 1 heterocycles. The molecular weight excluding hydrogens is 154 g/mol. The number of pyridine rings is 1. The van der Waals surface area contributed by atoms with E-state index in [2.05, 4.69) is 0 Å². The van der Waals surface area contributed by atoms with Gasteiger partial charge in [-0.1, -0.05) is 6.92 Å². The van der Waals surface area contributed by atoms with Crippen LogP contribution < -0.4 is 10.3 Å². The Bertz CT molecular complexity index is 328. The fraction of sp³-hybridized carbons (Fsp3) is 0.444. The van der Waals surface area contributed by atoms with Crippen molar-refractivity contribution >= 4 is 0 Å². The Hall–Kier alpha value is -1.25. The van der Waals surface area contributed by atoms with E-state index in [1.54, 1.807) is 31.0 Å². The maximum atomic E-state index is 11.5. The van der Waals surface area contributed by atoms with E-state index in [4.69, 9.17) is 4.74 Å². The highest BCUT2D eigenvalue weighted by atomic mass is 16.5. The number of nitrogens with zero attached hydrogens (tertiary/aromatic N) is 1. The van der Waals surface area contributed by atoms with Crippen LogP contribution in [0.4, 0.5) is 0 Å². The first-order valence-corrected chi connectivity index (χ1v) is 3.93. The summed E-state index contributed by atoms with van der Waals surface area (Å²) in [6.45, 7) is 1.94. The second kappa shape index (κ2) is 3.43. The quantitative estimate of drug-likeness (QED) is 0.656. The average molecular weight is 167 g/mol. The molecule has 1 aromatic heterocycles. The molecule has 0 atom stereocenters. The molecule has 0 aliphatic heterocycles. The number of rotatable bonds is 2. The van der Waals surface area contributed by atoms with Crippen LogP contribution in [0, 0.1) is 0 Å². The molecule has 12 heavy (non-hydrogen) atoms. The minimum Gasteiger partial charge on any atom is -0.496 e. The van der Waals surface area contributed by atoms with Gasteiger partial charge in [-0.3, -0.25) is 4.79 Å². The van der Waals surface area contributed by atoms with Crippen LogP contribution in [0.25, 0.3) is 0 Å². The summed E-state index contributed by atoms with van der Waals surface area (Å²) in [7, 11) is 3.31. The molecule has 3 heteroatoms. The van der Waals surface area contributed by atoms with Crippen molar-refractivity contribution in [3.63, 3.8) is 0 Å². The first-order chi connectivity index (χ1) is 5.70. The van der Waals surface area contributed by atoms with Gasteiger partial charge in [0.2, 0.25) is 0 Å². The lowest BCUT2D eigenvalue weighted by Crippen LogP contribution is -2.20. The minimum atomic E-state index is 0.0249. The molecule has 0 spiro atoms. The summed E-state index contributed by atoms with van der Waals surface area (Å²) in [5.41, 5.74) is 0.763. The summed E-state index contributed by atoms with van der Waals surface area (Å²) < 4.78 is 6.62. The molecule has 0 unspecified atom stereocenters. The largest absolute Gasteiger partial charge is 0.496 e. The molecule has 0 N–H and O–H groups in total. The van der Waals surface area contributed by atoms with Gasteiger partial charge in [-0.2, -0.15) is 0 Å². The van der Waals surface area contributed by atoms with Gasteiger partial charge >= 0.3 is 0 Å². The van der Waals surface area contributed by atoms with Crippen molar-refractivity contribution in [2.24, 2.45) is 7.05 Å². The van der Waals surface area contributed by atoms with E-state index in [-0.39, 0.29) is 5.56 Å². The molecule has 0 radical (unpaired) electrons. The van der Waals surface area contributed by atoms with E-state index in [0.29, 0.717) is 12.2 Å². The summed E-state index contributed by atoms with van der Waals surface area (Å²) in [4.78, 5) is 11.5. The fourth-order valence-corrected chi connectivity index (χ4v) is 1.18. The molecular formula is C9H13NO2. The number of aryl methyl sites for hydroxylation is 1. The third-order valence-electron chi connectivity index (χ3n) is 1.90. The van der Waals surface area contributed by atoms with Crippen molar-refractivity contribution in [2.75, 3.05) is 7.11 Å². The molecule has 0 bridgehead atoms. The van der Waals surface area contributed by atoms with Gasteiger partial charge in [0.1, 0.15) is 5.75 Å². The maximum Gasteiger partial charge on any atom is 0.257 e. The Morgan fingerprint density at radius 2 is 2.25 bits per heavy atom. The van der Waals surface area contributed by atoms with E-state index >= 15 is 0 Å². The Balaban J connectivity index is 3.36. The molecule has 1 rings (SSSR count). The standard InChI is InChI=1S/C9H13NO2/c1-4-7-8(12-3)5-6-10(2)9(7)11/h5-6H,4H2,1-3H3. The fourth-order valence-electron chi connectivity index (χ4n) is 1.18. The van der Waals surface area contributed by atoms with Crippen molar-refractivity contribution in [2.45, 2.75) is 13.3 Å². The third kappa shape index (κ3) is 1.35. The van der Waals surface area contributed by atoms with Gasteiger partial charge < -0.3 is 9.30 Å². The average Bonchev–Trinajstić information content (AvgIpc) is 2.09. The number of hydrogen-bond acceptors (Lipinski definition) is 2. The Labute approximate surface area is 71.6 Å². The van der Waals surface area contributed by atoms with Gasteiger partial charge in [-0.15, -0.1) is 0 Å². The van der Waals surface area contributed by atoms with Gasteiger partial charge in [0.15, 0.2) is 0 Å². The summed E-state index contributed by atoms with van der Waals surface area (Å²) >= 11 is 0. The number of ether oxygens (including phenoxy) is 1. The zero-order valence-electron chi connectivity index (χ0n) is 7.63. The van der Waals surface area contributed by atoms with Crippen LogP contribution in [0.2, 0.25) is 0 Å². The van der Waals surface area contributed by atoms with Crippen LogP contribution >= 0.6 is 0 Å². The highest BCUT2D eigenvalue weighted by Crippen LogP contribution is 2.12. The molecule has 0 aliphatic carbocycles. The van der Waals surface area contributed by atoms with Crippen LogP contribution in [-0.4, -0.2) is 11.7 Å². The molecule has 0 saturated carbocycles. The predicted octanol–water partition coefficient (Wildman–Crippen LogP) is 0.956. The van der Waals surface area contributed by atoms with E-state index in [1.165, 1.54) is 0 Å². The molecule has 66 valence electrons. The molecule has 0 fully saturated rings. The van der Waals surface area contributed by atoms with Crippen LogP contribution in [0.15, 0.2) is 17.1 Å². The SMILES string of the molecule is CCc1c(OC)ccn(C)c1=O. The van der Waals surface area contributed by atoms with Gasteiger partial charge in [0.05, 0.1) is 12.7 Å². The topological polar surface area (TPSA) is 31.2 Å². The van der Waals surface area contributed by atoms with Crippen LogP contribution in [0.5, 0.6) is 5.75 Å². The monoisotopic (exact) mass is 167 g/mol. The smallest absolute Gasteiger partial charge is 0.257 e. The Morgan fingerprint density at radius 3 is 2.75 bits per heavy atom. The minimum absolute atomic E-state index is 0.0249. The molecule has 0 aromatic carbocycles. The third-order valence-corrected chi connectivity index (χ3v) is 1.90. The molecule has 0 aliphatic rings. The van der Waals surface area contributed by atoms with Gasteiger partial charge in [-0.25, -0.2) is 0 Å². The number of methoxy groups -OCH3 is 1. The van der Waals surface area contributed by atoms with Crippen molar-refractivity contribution in [3.8, 4) is 5.75 Å². The summed E-state index contributed by atoms with van der Waals surface area (Å²) in [6.07, 6.45) is 2.41. The first-order valence-electron chi connectivity index (χ1n) is 3.93. The molecule has 1 aromatic rings. The molecule has 3 nitrogen and oxygen atoms in total. The number of hydrogen-bond donors (Lipinski definition) is 0. The van der Waals surface area contributed by atoms with Crippen molar-refractivity contribution in [3.05, 3.63) is 28.2 Å². The van der Waals surface area contributed by atoms with Gasteiger partial charge in [0.25, 0.3) is 5.56 Å². The van der Waals surface area contributed by atoms with Crippen molar-refractivity contribution < 1.29 is 4.74 Å². The summed E-state index contributed by atoms with van der Waals surface area (Å²) in [5.74, 6) is 0.681. The van der Waals surface area contributed by atoms with Gasteiger partial charge in [-0.05, 0) is 12.5 Å². The predicted molar refractivity (Wildman–Crippen MR) is 47.6 cm³/mol. The van der Waals surface area contributed by atoms with Crippen molar-refractivity contribution in [1.82, 2.24) is 4.57 Å². The molecule has 0 amide bonds. The summed E-state index contributed by atoms with van der Waals surface area (Å²) in [6, 6.07) is 1.81. The number of aromatic nitrogens is 1. The first kappa shape index (κ1) is 8.84. The Morgan fingerprint density at radius 1 is 1.58 bits per heavy atom. The normalized spacial score (nSPS) is 9.92. The van der Waals surface area contributed by atoms with Gasteiger partial charge in [0, 0.05) is 13.2 Å². The van der Waals surface area contributed by atoms with Crippen LogP contribution in [-0.2, 0) is 13.5 Å². The molecule has 0 saturated heterocycles. The summed E-state index contributed by atoms with van der Waals surface area (Å²) in [5, 5.41) is 0. The zero-order valence-corrected chi connectivity index (χ0v) is 7.63. The maximum absolute atomic E-state index is 11.5.